The third kappa shape index (κ3) is 2.95. The molecule has 1 heterocycles. The minimum absolute atomic E-state index is 0.579. The quantitative estimate of drug-likeness (QED) is 0.916. The monoisotopic (exact) mass is 286 g/mol. The lowest BCUT2D eigenvalue weighted by atomic mass is 9.76. The zero-order chi connectivity index (χ0) is 14.8. The number of aryl methyl sites for hydroxylation is 2. The van der Waals surface area contributed by atoms with Crippen LogP contribution in [0.1, 0.15) is 41.3 Å². The first kappa shape index (κ1) is 14.1. The number of hydrogen-bond donors (Lipinski definition) is 1. The van der Waals surface area contributed by atoms with Gasteiger partial charge in [0.15, 0.2) is 0 Å². The summed E-state index contributed by atoms with van der Waals surface area (Å²) in [6.07, 6.45) is 2.35. The zero-order valence-electron chi connectivity index (χ0n) is 12.8. The highest BCUT2D eigenvalue weighted by Gasteiger charge is 2.30. The number of aromatic nitrogens is 1. The standard InChI is InChI=1S/C17H22N2O2/c1-11-17(12(2)21-19-11)10-18-15-7-14(8-15)13-5-4-6-16(9-13)20-3/h4-6,9,14-15,18H,7-8,10H2,1-3H3. The third-order valence-electron chi connectivity index (χ3n) is 4.45. The van der Waals surface area contributed by atoms with E-state index in [4.69, 9.17) is 9.26 Å². The van der Waals surface area contributed by atoms with Crippen LogP contribution in [0.3, 0.4) is 0 Å². The second-order valence-corrected chi connectivity index (χ2v) is 5.83. The van der Waals surface area contributed by atoms with Crippen LogP contribution in [0.4, 0.5) is 0 Å². The Morgan fingerprint density at radius 3 is 2.81 bits per heavy atom. The highest BCUT2D eigenvalue weighted by atomic mass is 16.5. The Balaban J connectivity index is 1.52. The molecule has 0 spiro atoms. The van der Waals surface area contributed by atoms with Crippen LogP contribution in [-0.2, 0) is 6.54 Å². The van der Waals surface area contributed by atoms with Crippen LogP contribution in [0.15, 0.2) is 28.8 Å². The van der Waals surface area contributed by atoms with Crippen molar-refractivity contribution in [3.63, 3.8) is 0 Å². The average Bonchev–Trinajstić information content (AvgIpc) is 2.77. The van der Waals surface area contributed by atoms with Crippen molar-refractivity contribution in [2.75, 3.05) is 7.11 Å². The summed E-state index contributed by atoms with van der Waals surface area (Å²) in [5.41, 5.74) is 3.56. The van der Waals surface area contributed by atoms with E-state index in [1.165, 1.54) is 24.0 Å². The van der Waals surface area contributed by atoms with E-state index in [0.717, 1.165) is 23.7 Å². The van der Waals surface area contributed by atoms with E-state index < -0.39 is 0 Å². The van der Waals surface area contributed by atoms with Gasteiger partial charge in [-0.15, -0.1) is 0 Å². The summed E-state index contributed by atoms with van der Waals surface area (Å²) < 4.78 is 10.5. The van der Waals surface area contributed by atoms with Crippen LogP contribution in [0.25, 0.3) is 0 Å². The molecule has 21 heavy (non-hydrogen) atoms. The van der Waals surface area contributed by atoms with Gasteiger partial charge >= 0.3 is 0 Å². The fraction of sp³-hybridized carbons (Fsp3) is 0.471. The number of benzene rings is 1. The summed E-state index contributed by atoms with van der Waals surface area (Å²) >= 11 is 0. The number of ether oxygens (including phenoxy) is 1. The van der Waals surface area contributed by atoms with E-state index in [-0.39, 0.29) is 0 Å². The zero-order valence-corrected chi connectivity index (χ0v) is 12.8. The fourth-order valence-corrected chi connectivity index (χ4v) is 2.95. The highest BCUT2D eigenvalue weighted by Crippen LogP contribution is 2.38. The average molecular weight is 286 g/mol. The van der Waals surface area contributed by atoms with Crippen molar-refractivity contribution in [3.05, 3.63) is 46.8 Å². The fourth-order valence-electron chi connectivity index (χ4n) is 2.95. The normalized spacial score (nSPS) is 21.1. The third-order valence-corrected chi connectivity index (χ3v) is 4.45. The SMILES string of the molecule is COc1cccc(C2CC(NCc3c(C)noc3C)C2)c1. The first-order chi connectivity index (χ1) is 10.2. The van der Waals surface area contributed by atoms with Gasteiger partial charge < -0.3 is 14.6 Å². The lowest BCUT2D eigenvalue weighted by Crippen LogP contribution is -2.39. The van der Waals surface area contributed by atoms with Crippen molar-refractivity contribution in [1.82, 2.24) is 10.5 Å². The predicted octanol–water partition coefficient (Wildman–Crippen LogP) is 3.34. The summed E-state index contributed by atoms with van der Waals surface area (Å²) in [7, 11) is 1.72. The lowest BCUT2D eigenvalue weighted by molar-refractivity contribution is 0.288. The molecule has 3 rings (SSSR count). The number of methoxy groups -OCH3 is 1. The molecule has 2 aromatic rings. The maximum absolute atomic E-state index is 5.29. The summed E-state index contributed by atoms with van der Waals surface area (Å²) in [6.45, 7) is 4.81. The van der Waals surface area contributed by atoms with E-state index in [0.29, 0.717) is 12.0 Å². The molecule has 0 radical (unpaired) electrons. The Morgan fingerprint density at radius 2 is 2.14 bits per heavy atom. The minimum Gasteiger partial charge on any atom is -0.497 e. The van der Waals surface area contributed by atoms with E-state index in [9.17, 15) is 0 Å². The van der Waals surface area contributed by atoms with Crippen molar-refractivity contribution in [2.45, 2.75) is 45.2 Å². The summed E-state index contributed by atoms with van der Waals surface area (Å²) in [4.78, 5) is 0. The first-order valence-electron chi connectivity index (χ1n) is 7.46. The van der Waals surface area contributed by atoms with E-state index in [2.05, 4.69) is 28.7 Å². The molecule has 1 aliphatic carbocycles. The molecule has 1 aliphatic rings. The Bertz CT molecular complexity index is 596. The molecule has 0 unspecified atom stereocenters. The molecular formula is C17H22N2O2. The van der Waals surface area contributed by atoms with Crippen molar-refractivity contribution in [2.24, 2.45) is 0 Å². The minimum atomic E-state index is 0.579. The Morgan fingerprint density at radius 1 is 1.33 bits per heavy atom. The Kier molecular flexibility index (Phi) is 3.97. The Hall–Kier alpha value is -1.81. The summed E-state index contributed by atoms with van der Waals surface area (Å²) in [6, 6.07) is 8.98. The summed E-state index contributed by atoms with van der Waals surface area (Å²) in [5.74, 6) is 2.51. The van der Waals surface area contributed by atoms with Crippen LogP contribution in [0, 0.1) is 13.8 Å². The van der Waals surface area contributed by atoms with Crippen LogP contribution >= 0.6 is 0 Å². The van der Waals surface area contributed by atoms with Crippen LogP contribution in [-0.4, -0.2) is 18.3 Å². The van der Waals surface area contributed by atoms with Gasteiger partial charge in [0.1, 0.15) is 11.5 Å². The first-order valence-corrected chi connectivity index (χ1v) is 7.46. The molecule has 0 atom stereocenters. The Labute approximate surface area is 125 Å². The lowest BCUT2D eigenvalue weighted by Gasteiger charge is -2.36. The van der Waals surface area contributed by atoms with Gasteiger partial charge in [0, 0.05) is 18.2 Å². The molecule has 4 heteroatoms. The van der Waals surface area contributed by atoms with Gasteiger partial charge in [0.2, 0.25) is 0 Å². The van der Waals surface area contributed by atoms with Crippen molar-refractivity contribution in [3.8, 4) is 5.75 Å². The number of hydrogen-bond acceptors (Lipinski definition) is 4. The van der Waals surface area contributed by atoms with Gasteiger partial charge in [0.25, 0.3) is 0 Å². The molecule has 1 saturated carbocycles. The molecule has 0 aliphatic heterocycles. The maximum Gasteiger partial charge on any atom is 0.138 e. The van der Waals surface area contributed by atoms with E-state index in [1.807, 2.05) is 19.9 Å². The maximum atomic E-state index is 5.29. The molecule has 1 N–H and O–H groups in total. The van der Waals surface area contributed by atoms with Crippen LogP contribution in [0.5, 0.6) is 5.75 Å². The number of rotatable bonds is 5. The van der Waals surface area contributed by atoms with E-state index >= 15 is 0 Å². The topological polar surface area (TPSA) is 47.3 Å². The second-order valence-electron chi connectivity index (χ2n) is 5.83. The number of nitrogens with zero attached hydrogens (tertiary/aromatic N) is 1. The van der Waals surface area contributed by atoms with Gasteiger partial charge in [-0.1, -0.05) is 17.3 Å². The van der Waals surface area contributed by atoms with Gasteiger partial charge in [-0.3, -0.25) is 0 Å². The molecule has 4 nitrogen and oxygen atoms in total. The molecular weight excluding hydrogens is 264 g/mol. The van der Waals surface area contributed by atoms with Gasteiger partial charge in [-0.05, 0) is 50.3 Å². The number of nitrogens with one attached hydrogen (secondary N) is 1. The molecule has 1 aromatic heterocycles. The van der Waals surface area contributed by atoms with Gasteiger partial charge in [-0.2, -0.15) is 0 Å². The van der Waals surface area contributed by atoms with Gasteiger partial charge in [-0.25, -0.2) is 0 Å². The van der Waals surface area contributed by atoms with Crippen molar-refractivity contribution < 1.29 is 9.26 Å². The largest absolute Gasteiger partial charge is 0.497 e. The van der Waals surface area contributed by atoms with E-state index in [1.54, 1.807) is 7.11 Å². The van der Waals surface area contributed by atoms with Crippen LogP contribution in [0.2, 0.25) is 0 Å². The second kappa shape index (κ2) is 5.90. The molecule has 1 fully saturated rings. The smallest absolute Gasteiger partial charge is 0.138 e. The van der Waals surface area contributed by atoms with Crippen LogP contribution < -0.4 is 10.1 Å². The molecule has 1 aromatic carbocycles. The predicted molar refractivity (Wildman–Crippen MR) is 81.6 cm³/mol. The van der Waals surface area contributed by atoms with Crippen molar-refractivity contribution >= 4 is 0 Å². The highest BCUT2D eigenvalue weighted by molar-refractivity contribution is 5.32. The molecule has 0 bridgehead atoms. The van der Waals surface area contributed by atoms with Crippen molar-refractivity contribution in [1.29, 1.82) is 0 Å². The molecule has 0 amide bonds. The molecule has 112 valence electrons. The molecule has 0 saturated heterocycles. The van der Waals surface area contributed by atoms with Gasteiger partial charge in [0.05, 0.1) is 12.8 Å². The summed E-state index contributed by atoms with van der Waals surface area (Å²) in [5, 5.41) is 7.59.